The molecule has 0 aliphatic heterocycles. The van der Waals surface area contributed by atoms with Crippen molar-refractivity contribution in [3.8, 4) is 0 Å². The van der Waals surface area contributed by atoms with Crippen molar-refractivity contribution in [1.29, 1.82) is 0 Å². The van der Waals surface area contributed by atoms with Crippen molar-refractivity contribution in [3.63, 3.8) is 0 Å². The van der Waals surface area contributed by atoms with Crippen molar-refractivity contribution in [1.82, 2.24) is 4.98 Å². The van der Waals surface area contributed by atoms with Crippen LogP contribution >= 0.6 is 0 Å². The van der Waals surface area contributed by atoms with E-state index in [0.717, 1.165) is 11.2 Å². The van der Waals surface area contributed by atoms with Gasteiger partial charge in [0.2, 0.25) is 0 Å². The molecule has 0 fully saturated rings. The third-order valence-corrected chi connectivity index (χ3v) is 3.01. The van der Waals surface area contributed by atoms with Crippen molar-refractivity contribution in [2.75, 3.05) is 0 Å². The fourth-order valence-corrected chi connectivity index (χ4v) is 2.03. The van der Waals surface area contributed by atoms with Crippen LogP contribution < -0.4 is 0 Å². The second-order valence-electron chi connectivity index (χ2n) is 5.56. The quantitative estimate of drug-likeness (QED) is 0.640. The Balaban J connectivity index is 2.72. The molecular weight excluding hydrogens is 194 g/mol. The minimum absolute atomic E-state index is 0.200. The van der Waals surface area contributed by atoms with Crippen molar-refractivity contribution >= 4 is 10.9 Å². The zero-order valence-corrected chi connectivity index (χ0v) is 10.8. The van der Waals surface area contributed by atoms with Crippen LogP contribution in [0.25, 0.3) is 10.9 Å². The van der Waals surface area contributed by atoms with Crippen LogP contribution in [-0.4, -0.2) is 4.98 Å². The molecule has 0 aliphatic rings. The molecule has 0 spiro atoms. The van der Waals surface area contributed by atoms with E-state index in [1.165, 1.54) is 16.5 Å². The lowest BCUT2D eigenvalue weighted by Gasteiger charge is -2.19. The fraction of sp³-hybridized carbons (Fsp3) is 0.400. The van der Waals surface area contributed by atoms with E-state index in [0.29, 0.717) is 0 Å². The Morgan fingerprint density at radius 3 is 2.31 bits per heavy atom. The Morgan fingerprint density at radius 1 is 1.00 bits per heavy atom. The monoisotopic (exact) mass is 213 g/mol. The minimum Gasteiger partial charge on any atom is -0.253 e. The van der Waals surface area contributed by atoms with E-state index in [4.69, 9.17) is 0 Å². The lowest BCUT2D eigenvalue weighted by atomic mass is 9.86. The number of pyridine rings is 1. The summed E-state index contributed by atoms with van der Waals surface area (Å²) >= 11 is 0. The summed E-state index contributed by atoms with van der Waals surface area (Å²) in [6, 6.07) is 8.75. The first-order chi connectivity index (χ1) is 7.38. The number of hydrogen-bond donors (Lipinski definition) is 0. The predicted molar refractivity (Wildman–Crippen MR) is 69.9 cm³/mol. The molecule has 1 aromatic heterocycles. The largest absolute Gasteiger partial charge is 0.253 e. The highest BCUT2D eigenvalue weighted by Gasteiger charge is 2.14. The van der Waals surface area contributed by atoms with Gasteiger partial charge in [-0.15, -0.1) is 0 Å². The normalized spacial score (nSPS) is 12.1. The van der Waals surface area contributed by atoms with Crippen molar-refractivity contribution in [3.05, 3.63) is 41.1 Å². The molecule has 1 aromatic carbocycles. The Hall–Kier alpha value is -1.37. The van der Waals surface area contributed by atoms with E-state index in [9.17, 15) is 0 Å². The maximum atomic E-state index is 4.56. The molecule has 0 aliphatic carbocycles. The van der Waals surface area contributed by atoms with Crippen LogP contribution in [0.2, 0.25) is 0 Å². The molecule has 0 saturated heterocycles. The number of aromatic nitrogens is 1. The van der Waals surface area contributed by atoms with Crippen molar-refractivity contribution in [2.45, 2.75) is 40.0 Å². The zero-order valence-electron chi connectivity index (χ0n) is 10.8. The lowest BCUT2D eigenvalue weighted by molar-refractivity contribution is 0.591. The summed E-state index contributed by atoms with van der Waals surface area (Å²) < 4.78 is 0. The molecule has 0 unspecified atom stereocenters. The molecule has 2 aromatic rings. The van der Waals surface area contributed by atoms with Gasteiger partial charge in [-0.3, -0.25) is 4.98 Å². The number of rotatable bonds is 0. The molecule has 0 radical (unpaired) electrons. The molecule has 1 heteroatoms. The average molecular weight is 213 g/mol. The highest BCUT2D eigenvalue weighted by Crippen LogP contribution is 2.27. The van der Waals surface area contributed by atoms with Crippen LogP contribution in [0.5, 0.6) is 0 Å². The summed E-state index contributed by atoms with van der Waals surface area (Å²) in [4.78, 5) is 4.56. The topological polar surface area (TPSA) is 12.9 Å². The van der Waals surface area contributed by atoms with Crippen LogP contribution in [0.15, 0.2) is 24.3 Å². The first kappa shape index (κ1) is 11.1. The fourth-order valence-electron chi connectivity index (χ4n) is 2.03. The molecule has 1 nitrogen and oxygen atoms in total. The van der Waals surface area contributed by atoms with Crippen LogP contribution in [-0.2, 0) is 5.41 Å². The minimum atomic E-state index is 0.200. The standard InChI is InChI=1S/C15H19N/c1-10-8-11(2)16-14-7-6-12(9-13(10)14)15(3,4)5/h6-9H,1-5H3. The number of benzene rings is 1. The van der Waals surface area contributed by atoms with E-state index in [-0.39, 0.29) is 5.41 Å². The third kappa shape index (κ3) is 1.95. The van der Waals surface area contributed by atoms with Crippen molar-refractivity contribution < 1.29 is 0 Å². The SMILES string of the molecule is Cc1cc(C)c2cc(C(C)(C)C)ccc2n1. The van der Waals surface area contributed by atoms with Gasteiger partial charge in [-0.2, -0.15) is 0 Å². The number of hydrogen-bond acceptors (Lipinski definition) is 1. The Bertz CT molecular complexity index is 533. The summed E-state index contributed by atoms with van der Waals surface area (Å²) in [5.74, 6) is 0. The van der Waals surface area contributed by atoms with E-state index < -0.39 is 0 Å². The molecular formula is C15H19N. The first-order valence-electron chi connectivity index (χ1n) is 5.76. The molecule has 0 N–H and O–H groups in total. The van der Waals surface area contributed by atoms with Gasteiger partial charge < -0.3 is 0 Å². The van der Waals surface area contributed by atoms with Gasteiger partial charge in [-0.1, -0.05) is 26.8 Å². The third-order valence-electron chi connectivity index (χ3n) is 3.01. The molecule has 0 bridgehead atoms. The van der Waals surface area contributed by atoms with Crippen LogP contribution in [0, 0.1) is 13.8 Å². The lowest BCUT2D eigenvalue weighted by Crippen LogP contribution is -2.10. The van der Waals surface area contributed by atoms with Crippen LogP contribution in [0.1, 0.15) is 37.6 Å². The van der Waals surface area contributed by atoms with Gasteiger partial charge >= 0.3 is 0 Å². The highest BCUT2D eigenvalue weighted by molar-refractivity contribution is 5.83. The molecule has 84 valence electrons. The Morgan fingerprint density at radius 2 is 1.69 bits per heavy atom. The van der Waals surface area contributed by atoms with E-state index in [2.05, 4.69) is 56.9 Å². The first-order valence-corrected chi connectivity index (χ1v) is 5.76. The maximum absolute atomic E-state index is 4.56. The van der Waals surface area contributed by atoms with Gasteiger partial charge in [0.25, 0.3) is 0 Å². The van der Waals surface area contributed by atoms with Gasteiger partial charge in [0.15, 0.2) is 0 Å². The molecule has 2 rings (SSSR count). The molecule has 0 saturated carbocycles. The van der Waals surface area contributed by atoms with E-state index in [1.54, 1.807) is 0 Å². The van der Waals surface area contributed by atoms with E-state index in [1.807, 2.05) is 6.92 Å². The van der Waals surface area contributed by atoms with Gasteiger partial charge in [0.1, 0.15) is 0 Å². The Kier molecular flexibility index (Phi) is 2.49. The molecule has 0 amide bonds. The zero-order chi connectivity index (χ0) is 11.9. The smallest absolute Gasteiger partial charge is 0.0708 e. The molecule has 16 heavy (non-hydrogen) atoms. The van der Waals surface area contributed by atoms with Crippen LogP contribution in [0.4, 0.5) is 0 Å². The second kappa shape index (κ2) is 3.58. The van der Waals surface area contributed by atoms with Gasteiger partial charge in [0.05, 0.1) is 5.52 Å². The molecule has 1 heterocycles. The van der Waals surface area contributed by atoms with E-state index >= 15 is 0 Å². The number of aryl methyl sites for hydroxylation is 2. The van der Waals surface area contributed by atoms with Gasteiger partial charge in [-0.25, -0.2) is 0 Å². The predicted octanol–water partition coefficient (Wildman–Crippen LogP) is 4.15. The summed E-state index contributed by atoms with van der Waals surface area (Å²) in [7, 11) is 0. The summed E-state index contributed by atoms with van der Waals surface area (Å²) in [6.07, 6.45) is 0. The average Bonchev–Trinajstić information content (AvgIpc) is 2.15. The summed E-state index contributed by atoms with van der Waals surface area (Å²) in [6.45, 7) is 10.9. The van der Waals surface area contributed by atoms with Gasteiger partial charge in [0, 0.05) is 11.1 Å². The second-order valence-corrected chi connectivity index (χ2v) is 5.56. The highest BCUT2D eigenvalue weighted by atomic mass is 14.7. The van der Waals surface area contributed by atoms with Crippen LogP contribution in [0.3, 0.4) is 0 Å². The van der Waals surface area contributed by atoms with Gasteiger partial charge in [-0.05, 0) is 48.6 Å². The molecule has 0 atom stereocenters. The summed E-state index contributed by atoms with van der Waals surface area (Å²) in [5.41, 5.74) is 5.08. The maximum Gasteiger partial charge on any atom is 0.0708 e. The summed E-state index contributed by atoms with van der Waals surface area (Å²) in [5, 5.41) is 1.28. The Labute approximate surface area is 97.5 Å². The van der Waals surface area contributed by atoms with Crippen molar-refractivity contribution in [2.24, 2.45) is 0 Å². The number of fused-ring (bicyclic) bond motifs is 1. The number of nitrogens with zero attached hydrogens (tertiary/aromatic N) is 1.